The van der Waals surface area contributed by atoms with Crippen LogP contribution in [-0.2, 0) is 16.8 Å². The third-order valence-electron chi connectivity index (χ3n) is 4.48. The lowest BCUT2D eigenvalue weighted by atomic mass is 9.92. The molecule has 1 atom stereocenters. The van der Waals surface area contributed by atoms with E-state index >= 15 is 0 Å². The van der Waals surface area contributed by atoms with Crippen LogP contribution in [0.25, 0.3) is 0 Å². The van der Waals surface area contributed by atoms with Crippen LogP contribution in [0.2, 0.25) is 0 Å². The number of amides is 3. The summed E-state index contributed by atoms with van der Waals surface area (Å²) in [6.07, 6.45) is 0.470. The molecule has 130 valence electrons. The Morgan fingerprint density at radius 3 is 2.32 bits per heavy atom. The predicted molar refractivity (Wildman–Crippen MR) is 90.7 cm³/mol. The van der Waals surface area contributed by atoms with Crippen molar-refractivity contribution in [3.63, 3.8) is 0 Å². The highest BCUT2D eigenvalue weighted by molar-refractivity contribution is 6.07. The molecule has 1 aliphatic rings. The molecule has 6 heteroatoms. The molecule has 1 N–H and O–H groups in total. The van der Waals surface area contributed by atoms with Crippen molar-refractivity contribution in [3.8, 4) is 5.75 Å². The molecule has 1 saturated heterocycles. The second-order valence-corrected chi connectivity index (χ2v) is 6.12. The third kappa shape index (κ3) is 3.20. The molecule has 1 aliphatic heterocycles. The van der Waals surface area contributed by atoms with Crippen molar-refractivity contribution in [2.24, 2.45) is 0 Å². The Bertz CT molecular complexity index is 789. The van der Waals surface area contributed by atoms with Crippen LogP contribution in [0.5, 0.6) is 5.75 Å². The number of benzene rings is 2. The van der Waals surface area contributed by atoms with Gasteiger partial charge in [0.05, 0.1) is 7.11 Å². The Kier molecular flexibility index (Phi) is 4.44. The number of nitrogens with zero attached hydrogens (tertiary/aromatic N) is 1. The lowest BCUT2D eigenvalue weighted by Gasteiger charge is -2.22. The summed E-state index contributed by atoms with van der Waals surface area (Å²) >= 11 is 0. The first-order chi connectivity index (χ1) is 11.9. The van der Waals surface area contributed by atoms with Crippen molar-refractivity contribution in [1.82, 2.24) is 10.2 Å². The van der Waals surface area contributed by atoms with Gasteiger partial charge >= 0.3 is 6.03 Å². The molecule has 2 aromatic carbocycles. The van der Waals surface area contributed by atoms with Gasteiger partial charge in [-0.1, -0.05) is 24.3 Å². The molecule has 3 amide bonds. The highest BCUT2D eigenvalue weighted by Crippen LogP contribution is 2.30. The number of hydrogen-bond acceptors (Lipinski definition) is 3. The van der Waals surface area contributed by atoms with Gasteiger partial charge in [-0.05, 0) is 48.7 Å². The van der Waals surface area contributed by atoms with Gasteiger partial charge in [0.2, 0.25) is 0 Å². The number of rotatable bonds is 5. The summed E-state index contributed by atoms with van der Waals surface area (Å²) in [7, 11) is 1.57. The lowest BCUT2D eigenvalue weighted by molar-refractivity contribution is -0.131. The lowest BCUT2D eigenvalue weighted by Crippen LogP contribution is -2.41. The number of imide groups is 1. The van der Waals surface area contributed by atoms with E-state index in [1.54, 1.807) is 50.4 Å². The molecule has 0 saturated carbocycles. The van der Waals surface area contributed by atoms with Gasteiger partial charge in [0, 0.05) is 6.54 Å². The number of ether oxygens (including phenoxy) is 1. The standard InChI is InChI=1S/C19H19FN2O3/c1-19(14-5-9-16(25-2)10-6-14)17(23)22(18(24)21-19)12-11-13-3-7-15(20)8-4-13/h3-10H,11-12H2,1-2H3,(H,21,24). The maximum absolute atomic E-state index is 13.0. The van der Waals surface area contributed by atoms with Gasteiger partial charge in [-0.15, -0.1) is 0 Å². The van der Waals surface area contributed by atoms with Gasteiger partial charge in [-0.3, -0.25) is 9.69 Å². The van der Waals surface area contributed by atoms with E-state index in [4.69, 9.17) is 4.74 Å². The topological polar surface area (TPSA) is 58.6 Å². The minimum Gasteiger partial charge on any atom is -0.497 e. The fourth-order valence-corrected chi connectivity index (χ4v) is 2.91. The monoisotopic (exact) mass is 342 g/mol. The normalized spacial score (nSPS) is 19.9. The minimum absolute atomic E-state index is 0.238. The van der Waals surface area contributed by atoms with Crippen LogP contribution >= 0.6 is 0 Å². The zero-order valence-corrected chi connectivity index (χ0v) is 14.1. The van der Waals surface area contributed by atoms with E-state index in [2.05, 4.69) is 5.32 Å². The van der Waals surface area contributed by atoms with E-state index < -0.39 is 11.6 Å². The SMILES string of the molecule is COc1ccc(C2(C)NC(=O)N(CCc3ccc(F)cc3)C2=O)cc1. The number of urea groups is 1. The second-order valence-electron chi connectivity index (χ2n) is 6.12. The van der Waals surface area contributed by atoms with Crippen LogP contribution in [0, 0.1) is 5.82 Å². The number of halogens is 1. The van der Waals surface area contributed by atoms with Crippen LogP contribution in [-0.4, -0.2) is 30.5 Å². The van der Waals surface area contributed by atoms with E-state index in [0.29, 0.717) is 17.7 Å². The molecule has 1 fully saturated rings. The van der Waals surface area contributed by atoms with Gasteiger partial charge in [-0.2, -0.15) is 0 Å². The van der Waals surface area contributed by atoms with Gasteiger partial charge in [-0.25, -0.2) is 9.18 Å². The summed E-state index contributed by atoms with van der Waals surface area (Å²) in [6.45, 7) is 1.93. The van der Waals surface area contributed by atoms with Crippen LogP contribution in [0.3, 0.4) is 0 Å². The molecular formula is C19H19FN2O3. The van der Waals surface area contributed by atoms with Crippen molar-refractivity contribution in [2.45, 2.75) is 18.9 Å². The Morgan fingerprint density at radius 1 is 1.08 bits per heavy atom. The van der Waals surface area contributed by atoms with Gasteiger partial charge < -0.3 is 10.1 Å². The molecule has 2 aromatic rings. The summed E-state index contributed by atoms with van der Waals surface area (Å²) in [5.41, 5.74) is 0.447. The number of hydrogen-bond donors (Lipinski definition) is 1. The quantitative estimate of drug-likeness (QED) is 0.850. The molecule has 25 heavy (non-hydrogen) atoms. The molecule has 0 radical (unpaired) electrons. The van der Waals surface area contributed by atoms with Crippen LogP contribution in [0.15, 0.2) is 48.5 Å². The molecule has 1 heterocycles. The molecule has 3 rings (SSSR count). The van der Waals surface area contributed by atoms with E-state index in [0.717, 1.165) is 5.56 Å². The number of carbonyl (C=O) groups is 2. The first kappa shape index (κ1) is 17.0. The molecule has 0 bridgehead atoms. The Labute approximate surface area is 145 Å². The molecule has 0 spiro atoms. The Balaban J connectivity index is 1.75. The fraction of sp³-hybridized carbons (Fsp3) is 0.263. The summed E-state index contributed by atoms with van der Waals surface area (Å²) in [6, 6.07) is 12.6. The maximum atomic E-state index is 13.0. The zero-order chi connectivity index (χ0) is 18.0. The molecule has 0 aliphatic carbocycles. The van der Waals surface area contributed by atoms with Crippen molar-refractivity contribution >= 4 is 11.9 Å². The first-order valence-corrected chi connectivity index (χ1v) is 7.97. The predicted octanol–water partition coefficient (Wildman–Crippen LogP) is 2.84. The van der Waals surface area contributed by atoms with Gasteiger partial charge in [0.25, 0.3) is 5.91 Å². The largest absolute Gasteiger partial charge is 0.497 e. The van der Waals surface area contributed by atoms with E-state index in [1.807, 2.05) is 0 Å². The highest BCUT2D eigenvalue weighted by atomic mass is 19.1. The van der Waals surface area contributed by atoms with Crippen molar-refractivity contribution < 1.29 is 18.7 Å². The van der Waals surface area contributed by atoms with Crippen molar-refractivity contribution in [1.29, 1.82) is 0 Å². The third-order valence-corrected chi connectivity index (χ3v) is 4.48. The second kappa shape index (κ2) is 6.55. The van der Waals surface area contributed by atoms with Crippen LogP contribution < -0.4 is 10.1 Å². The highest BCUT2D eigenvalue weighted by Gasteiger charge is 2.48. The Morgan fingerprint density at radius 2 is 1.72 bits per heavy atom. The van der Waals surface area contributed by atoms with Crippen LogP contribution in [0.1, 0.15) is 18.1 Å². The van der Waals surface area contributed by atoms with E-state index in [1.165, 1.54) is 17.0 Å². The molecule has 0 aromatic heterocycles. The smallest absolute Gasteiger partial charge is 0.325 e. The summed E-state index contributed by atoms with van der Waals surface area (Å²) in [5, 5.41) is 2.77. The maximum Gasteiger partial charge on any atom is 0.325 e. The minimum atomic E-state index is -1.11. The van der Waals surface area contributed by atoms with E-state index in [9.17, 15) is 14.0 Å². The first-order valence-electron chi connectivity index (χ1n) is 7.97. The summed E-state index contributed by atoms with van der Waals surface area (Å²) in [5.74, 6) is 0.0629. The number of nitrogens with one attached hydrogen (secondary N) is 1. The molecule has 5 nitrogen and oxygen atoms in total. The van der Waals surface area contributed by atoms with Crippen LogP contribution in [0.4, 0.5) is 9.18 Å². The van der Waals surface area contributed by atoms with Gasteiger partial charge in [0.15, 0.2) is 0 Å². The number of methoxy groups -OCH3 is 1. The van der Waals surface area contributed by atoms with Crippen molar-refractivity contribution in [2.75, 3.05) is 13.7 Å². The summed E-state index contributed by atoms with van der Waals surface area (Å²) < 4.78 is 18.1. The van der Waals surface area contributed by atoms with Gasteiger partial charge in [0.1, 0.15) is 17.1 Å². The molecule has 1 unspecified atom stereocenters. The average Bonchev–Trinajstić information content (AvgIpc) is 2.84. The summed E-state index contributed by atoms with van der Waals surface area (Å²) in [4.78, 5) is 26.3. The average molecular weight is 342 g/mol. The number of carbonyl (C=O) groups excluding carboxylic acids is 2. The zero-order valence-electron chi connectivity index (χ0n) is 14.1. The molecular weight excluding hydrogens is 323 g/mol. The Hall–Kier alpha value is -2.89. The van der Waals surface area contributed by atoms with Crippen molar-refractivity contribution in [3.05, 3.63) is 65.5 Å². The van der Waals surface area contributed by atoms with E-state index in [-0.39, 0.29) is 18.3 Å². The fourth-order valence-electron chi connectivity index (χ4n) is 2.91.